The molecule has 6 nitrogen and oxygen atoms in total. The number of methoxy groups -OCH3 is 1. The van der Waals surface area contributed by atoms with Crippen LogP contribution in [0.2, 0.25) is 0 Å². The van der Waals surface area contributed by atoms with Crippen LogP contribution in [0.15, 0.2) is 66.7 Å². The van der Waals surface area contributed by atoms with Crippen LogP contribution in [0.3, 0.4) is 0 Å². The predicted octanol–water partition coefficient (Wildman–Crippen LogP) is 4.74. The van der Waals surface area contributed by atoms with Crippen molar-refractivity contribution >= 4 is 39.1 Å². The molecule has 4 aromatic rings. The SMILES string of the molecule is COc1ccc(CCNC2CC(=O)N(c3ccc(-c4nc5ccc(C)cc5s4)cc3)C2=O)cc1. The van der Waals surface area contributed by atoms with Crippen LogP contribution in [-0.4, -0.2) is 36.5 Å². The summed E-state index contributed by atoms with van der Waals surface area (Å²) in [4.78, 5) is 31.6. The smallest absolute Gasteiger partial charge is 0.251 e. The standard InChI is InChI=1S/C27H25N3O3S/c1-17-3-12-22-24(15-17)34-26(29-22)19-6-8-20(9-7-19)30-25(31)16-23(27(30)32)28-14-13-18-4-10-21(33-2)11-5-18/h3-12,15,23,28H,13-14,16H2,1-2H3. The van der Waals surface area contributed by atoms with Gasteiger partial charge in [0.05, 0.1) is 35.5 Å². The highest BCUT2D eigenvalue weighted by atomic mass is 32.1. The van der Waals surface area contributed by atoms with E-state index in [0.29, 0.717) is 12.2 Å². The number of carbonyl (C=O) groups is 2. The van der Waals surface area contributed by atoms with Crippen LogP contribution in [0.25, 0.3) is 20.8 Å². The van der Waals surface area contributed by atoms with Crippen molar-refractivity contribution in [1.82, 2.24) is 10.3 Å². The van der Waals surface area contributed by atoms with Gasteiger partial charge in [-0.05, 0) is 79.5 Å². The van der Waals surface area contributed by atoms with Gasteiger partial charge >= 0.3 is 0 Å². The van der Waals surface area contributed by atoms with E-state index in [1.807, 2.05) is 54.6 Å². The molecule has 1 unspecified atom stereocenters. The number of carbonyl (C=O) groups excluding carboxylic acids is 2. The van der Waals surface area contributed by atoms with Gasteiger partial charge in [-0.2, -0.15) is 0 Å². The average Bonchev–Trinajstić information content (AvgIpc) is 3.39. The second-order valence-electron chi connectivity index (χ2n) is 8.41. The largest absolute Gasteiger partial charge is 0.497 e. The quantitative estimate of drug-likeness (QED) is 0.394. The molecule has 5 rings (SSSR count). The molecule has 1 saturated heterocycles. The van der Waals surface area contributed by atoms with Gasteiger partial charge in [0.25, 0.3) is 5.91 Å². The Kier molecular flexibility index (Phi) is 6.13. The summed E-state index contributed by atoms with van der Waals surface area (Å²) in [5.41, 5.74) is 4.88. The van der Waals surface area contributed by atoms with E-state index in [-0.39, 0.29) is 18.2 Å². The number of thiazole rings is 1. The highest BCUT2D eigenvalue weighted by Crippen LogP contribution is 2.32. The summed E-state index contributed by atoms with van der Waals surface area (Å²) in [6.45, 7) is 2.68. The summed E-state index contributed by atoms with van der Waals surface area (Å²) in [5.74, 6) is 0.422. The molecular weight excluding hydrogens is 446 g/mol. The maximum atomic E-state index is 13.0. The molecular formula is C27H25N3O3S. The lowest BCUT2D eigenvalue weighted by Gasteiger charge is -2.16. The Morgan fingerprint density at radius 3 is 2.56 bits per heavy atom. The fourth-order valence-electron chi connectivity index (χ4n) is 4.15. The monoisotopic (exact) mass is 471 g/mol. The number of benzene rings is 3. The molecule has 1 aliphatic heterocycles. The topological polar surface area (TPSA) is 71.5 Å². The molecule has 172 valence electrons. The Hall–Kier alpha value is -3.55. The third kappa shape index (κ3) is 4.44. The molecule has 0 bridgehead atoms. The number of rotatable bonds is 7. The zero-order valence-corrected chi connectivity index (χ0v) is 19.9. The number of imide groups is 1. The summed E-state index contributed by atoms with van der Waals surface area (Å²) in [6, 6.07) is 21.0. The molecule has 2 heterocycles. The first-order valence-corrected chi connectivity index (χ1v) is 12.0. The van der Waals surface area contributed by atoms with Crippen LogP contribution < -0.4 is 15.0 Å². The minimum Gasteiger partial charge on any atom is -0.497 e. The lowest BCUT2D eigenvalue weighted by molar-refractivity contribution is -0.121. The Balaban J connectivity index is 1.24. The van der Waals surface area contributed by atoms with Gasteiger partial charge < -0.3 is 10.1 Å². The van der Waals surface area contributed by atoms with Crippen LogP contribution in [0.1, 0.15) is 17.5 Å². The molecule has 1 atom stereocenters. The minimum absolute atomic E-state index is 0.167. The first-order valence-electron chi connectivity index (χ1n) is 11.2. The molecule has 34 heavy (non-hydrogen) atoms. The van der Waals surface area contributed by atoms with Crippen molar-refractivity contribution in [2.24, 2.45) is 0 Å². The summed E-state index contributed by atoms with van der Waals surface area (Å²) in [5, 5.41) is 4.16. The molecule has 1 N–H and O–H groups in total. The van der Waals surface area contributed by atoms with E-state index in [0.717, 1.165) is 38.5 Å². The van der Waals surface area contributed by atoms with Gasteiger partial charge in [-0.15, -0.1) is 11.3 Å². The lowest BCUT2D eigenvalue weighted by Crippen LogP contribution is -2.39. The van der Waals surface area contributed by atoms with Crippen molar-refractivity contribution in [2.75, 3.05) is 18.6 Å². The van der Waals surface area contributed by atoms with Gasteiger partial charge in [-0.3, -0.25) is 9.59 Å². The van der Waals surface area contributed by atoms with E-state index in [1.54, 1.807) is 18.4 Å². The minimum atomic E-state index is -0.502. The molecule has 1 aliphatic rings. The van der Waals surface area contributed by atoms with Gasteiger partial charge in [0.1, 0.15) is 10.8 Å². The van der Waals surface area contributed by atoms with E-state index in [9.17, 15) is 9.59 Å². The molecule has 7 heteroatoms. The number of aromatic nitrogens is 1. The van der Waals surface area contributed by atoms with Crippen LogP contribution in [0.5, 0.6) is 5.75 Å². The summed E-state index contributed by atoms with van der Waals surface area (Å²) in [6.07, 6.45) is 0.929. The van der Waals surface area contributed by atoms with Gasteiger partial charge in [-0.1, -0.05) is 18.2 Å². The van der Waals surface area contributed by atoms with E-state index < -0.39 is 6.04 Å². The van der Waals surface area contributed by atoms with Crippen LogP contribution >= 0.6 is 11.3 Å². The van der Waals surface area contributed by atoms with Gasteiger partial charge in [-0.25, -0.2) is 9.88 Å². The number of nitrogens with zero attached hydrogens (tertiary/aromatic N) is 2. The first-order chi connectivity index (χ1) is 16.5. The summed E-state index contributed by atoms with van der Waals surface area (Å²) >= 11 is 1.64. The lowest BCUT2D eigenvalue weighted by atomic mass is 10.1. The van der Waals surface area contributed by atoms with Crippen molar-refractivity contribution in [2.45, 2.75) is 25.8 Å². The number of fused-ring (bicyclic) bond motifs is 1. The maximum Gasteiger partial charge on any atom is 0.251 e. The van der Waals surface area contributed by atoms with E-state index in [4.69, 9.17) is 9.72 Å². The highest BCUT2D eigenvalue weighted by molar-refractivity contribution is 7.21. The maximum absolute atomic E-state index is 13.0. The Bertz CT molecular complexity index is 1350. The third-order valence-electron chi connectivity index (χ3n) is 6.03. The number of hydrogen-bond donors (Lipinski definition) is 1. The summed E-state index contributed by atoms with van der Waals surface area (Å²) < 4.78 is 6.32. The summed E-state index contributed by atoms with van der Waals surface area (Å²) in [7, 11) is 1.64. The number of amides is 2. The predicted molar refractivity (Wildman–Crippen MR) is 135 cm³/mol. The molecule has 0 saturated carbocycles. The van der Waals surface area contributed by atoms with Crippen molar-refractivity contribution in [3.63, 3.8) is 0 Å². The first kappa shape index (κ1) is 22.3. The van der Waals surface area contributed by atoms with E-state index in [2.05, 4.69) is 24.4 Å². The van der Waals surface area contributed by atoms with Crippen molar-refractivity contribution in [3.8, 4) is 16.3 Å². The number of ether oxygens (including phenoxy) is 1. The van der Waals surface area contributed by atoms with E-state index in [1.165, 1.54) is 10.5 Å². The molecule has 0 aliphatic carbocycles. The van der Waals surface area contributed by atoms with Crippen LogP contribution in [-0.2, 0) is 16.0 Å². The van der Waals surface area contributed by atoms with Gasteiger partial charge in [0, 0.05) is 5.56 Å². The molecule has 0 spiro atoms. The van der Waals surface area contributed by atoms with Crippen LogP contribution in [0.4, 0.5) is 5.69 Å². The molecule has 1 aromatic heterocycles. The molecule has 2 amide bonds. The average molecular weight is 472 g/mol. The van der Waals surface area contributed by atoms with Gasteiger partial charge in [0.15, 0.2) is 0 Å². The molecule has 0 radical (unpaired) electrons. The van der Waals surface area contributed by atoms with Gasteiger partial charge in [0.2, 0.25) is 5.91 Å². The fraction of sp³-hybridized carbons (Fsp3) is 0.222. The molecule has 1 fully saturated rings. The molecule has 3 aromatic carbocycles. The Morgan fingerprint density at radius 2 is 1.82 bits per heavy atom. The normalized spacial score (nSPS) is 15.9. The second-order valence-corrected chi connectivity index (χ2v) is 9.44. The second kappa shape index (κ2) is 9.37. The third-order valence-corrected chi connectivity index (χ3v) is 7.09. The highest BCUT2D eigenvalue weighted by Gasteiger charge is 2.39. The van der Waals surface area contributed by atoms with Crippen LogP contribution in [0, 0.1) is 6.92 Å². The Morgan fingerprint density at radius 1 is 1.06 bits per heavy atom. The zero-order chi connectivity index (χ0) is 23.7. The fourth-order valence-corrected chi connectivity index (χ4v) is 5.22. The van der Waals surface area contributed by atoms with E-state index >= 15 is 0 Å². The Labute approximate surface area is 202 Å². The number of nitrogens with one attached hydrogen (secondary N) is 1. The number of hydrogen-bond acceptors (Lipinski definition) is 6. The number of anilines is 1. The number of aryl methyl sites for hydroxylation is 1. The zero-order valence-electron chi connectivity index (χ0n) is 19.1. The van der Waals surface area contributed by atoms with Crippen molar-refractivity contribution in [1.29, 1.82) is 0 Å². The van der Waals surface area contributed by atoms with Crippen molar-refractivity contribution in [3.05, 3.63) is 77.9 Å². The van der Waals surface area contributed by atoms with Crippen molar-refractivity contribution < 1.29 is 14.3 Å².